The molecule has 1 heterocycles. The van der Waals surface area contributed by atoms with Crippen molar-refractivity contribution < 1.29 is 9.21 Å². The normalized spacial score (nSPS) is 11.7. The molecule has 118 valence electrons. The zero-order chi connectivity index (χ0) is 16.6. The summed E-state index contributed by atoms with van der Waals surface area (Å²) in [6.45, 7) is 7.67. The Morgan fingerprint density at radius 3 is 2.57 bits per heavy atom. The molecule has 0 atom stereocenters. The van der Waals surface area contributed by atoms with E-state index in [1.54, 1.807) is 0 Å². The van der Waals surface area contributed by atoms with Gasteiger partial charge in [-0.15, -0.1) is 0 Å². The Bertz CT molecular complexity index is 872. The van der Waals surface area contributed by atoms with Crippen LogP contribution in [0.3, 0.4) is 0 Å². The van der Waals surface area contributed by atoms with E-state index in [-0.39, 0.29) is 5.91 Å². The van der Waals surface area contributed by atoms with Crippen molar-refractivity contribution in [3.63, 3.8) is 0 Å². The van der Waals surface area contributed by atoms with Crippen LogP contribution in [-0.4, -0.2) is 10.9 Å². The molecular weight excluding hydrogens is 288 g/mol. The molecule has 3 aromatic rings. The van der Waals surface area contributed by atoms with Gasteiger partial charge in [0.2, 0.25) is 11.8 Å². The third-order valence-corrected chi connectivity index (χ3v) is 3.70. The Kier molecular flexibility index (Phi) is 3.68. The Balaban J connectivity index is 1.96. The second-order valence-electron chi connectivity index (χ2n) is 6.72. The predicted molar refractivity (Wildman–Crippen MR) is 92.3 cm³/mol. The van der Waals surface area contributed by atoms with Crippen LogP contribution in [0.2, 0.25) is 0 Å². The summed E-state index contributed by atoms with van der Waals surface area (Å²) in [5.41, 5.74) is 3.80. The maximum absolute atomic E-state index is 12.1. The number of aromatic nitrogens is 1. The second-order valence-corrected chi connectivity index (χ2v) is 6.72. The highest BCUT2D eigenvalue weighted by molar-refractivity contribution is 5.96. The second kappa shape index (κ2) is 5.54. The topological polar surface area (TPSA) is 55.1 Å². The monoisotopic (exact) mass is 308 g/mol. The van der Waals surface area contributed by atoms with Crippen LogP contribution in [0, 0.1) is 12.3 Å². The van der Waals surface area contributed by atoms with E-state index in [1.807, 2.05) is 70.2 Å². The molecule has 0 saturated carbocycles. The summed E-state index contributed by atoms with van der Waals surface area (Å²) < 4.78 is 5.88. The summed E-state index contributed by atoms with van der Waals surface area (Å²) in [6, 6.07) is 13.5. The van der Waals surface area contributed by atoms with Crippen molar-refractivity contribution >= 4 is 22.7 Å². The number of benzene rings is 2. The molecule has 0 aliphatic rings. The minimum atomic E-state index is -0.442. The number of fused-ring (bicyclic) bond motifs is 1. The van der Waals surface area contributed by atoms with E-state index >= 15 is 0 Å². The quantitative estimate of drug-likeness (QED) is 0.740. The van der Waals surface area contributed by atoms with Crippen LogP contribution < -0.4 is 5.32 Å². The fraction of sp³-hybridized carbons (Fsp3) is 0.263. The minimum absolute atomic E-state index is 0.0320. The van der Waals surface area contributed by atoms with Crippen LogP contribution in [0.4, 0.5) is 5.69 Å². The smallest absolute Gasteiger partial charge is 0.229 e. The van der Waals surface area contributed by atoms with Crippen LogP contribution in [0.1, 0.15) is 26.3 Å². The van der Waals surface area contributed by atoms with Gasteiger partial charge in [0.15, 0.2) is 5.58 Å². The van der Waals surface area contributed by atoms with E-state index in [1.165, 1.54) is 0 Å². The van der Waals surface area contributed by atoms with Crippen LogP contribution in [0.25, 0.3) is 22.6 Å². The summed E-state index contributed by atoms with van der Waals surface area (Å²) in [4.78, 5) is 16.6. The van der Waals surface area contributed by atoms with E-state index in [0.717, 1.165) is 16.6 Å². The molecule has 0 radical (unpaired) electrons. The third-order valence-electron chi connectivity index (χ3n) is 3.70. The number of anilines is 1. The van der Waals surface area contributed by atoms with E-state index in [0.29, 0.717) is 17.2 Å². The van der Waals surface area contributed by atoms with Gasteiger partial charge in [0, 0.05) is 22.7 Å². The molecule has 0 saturated heterocycles. The van der Waals surface area contributed by atoms with Crippen molar-refractivity contribution in [1.29, 1.82) is 0 Å². The highest BCUT2D eigenvalue weighted by atomic mass is 16.3. The fourth-order valence-corrected chi connectivity index (χ4v) is 2.25. The molecule has 1 amide bonds. The van der Waals surface area contributed by atoms with Crippen molar-refractivity contribution in [2.75, 3.05) is 5.32 Å². The van der Waals surface area contributed by atoms with Gasteiger partial charge < -0.3 is 9.73 Å². The van der Waals surface area contributed by atoms with Crippen LogP contribution in [0.5, 0.6) is 0 Å². The Morgan fingerprint density at radius 1 is 1.13 bits per heavy atom. The van der Waals surface area contributed by atoms with Gasteiger partial charge in [0.1, 0.15) is 5.52 Å². The summed E-state index contributed by atoms with van der Waals surface area (Å²) in [5.74, 6) is 0.563. The molecule has 0 bridgehead atoms. The Labute approximate surface area is 135 Å². The number of hydrogen-bond donors (Lipinski definition) is 1. The van der Waals surface area contributed by atoms with Gasteiger partial charge in [-0.05, 0) is 30.7 Å². The minimum Gasteiger partial charge on any atom is -0.436 e. The molecule has 0 unspecified atom stereocenters. The lowest BCUT2D eigenvalue weighted by atomic mass is 9.95. The van der Waals surface area contributed by atoms with E-state index in [2.05, 4.69) is 10.3 Å². The van der Waals surface area contributed by atoms with Gasteiger partial charge in [-0.3, -0.25) is 4.79 Å². The van der Waals surface area contributed by atoms with Crippen molar-refractivity contribution in [2.24, 2.45) is 5.41 Å². The van der Waals surface area contributed by atoms with Crippen molar-refractivity contribution in [3.05, 3.63) is 48.0 Å². The van der Waals surface area contributed by atoms with Gasteiger partial charge >= 0.3 is 0 Å². The summed E-state index contributed by atoms with van der Waals surface area (Å²) in [7, 11) is 0. The van der Waals surface area contributed by atoms with Gasteiger partial charge in [-0.2, -0.15) is 0 Å². The molecule has 2 aromatic carbocycles. The number of nitrogens with one attached hydrogen (secondary N) is 1. The number of aryl methyl sites for hydroxylation is 1. The average molecular weight is 308 g/mol. The fourth-order valence-electron chi connectivity index (χ4n) is 2.25. The first-order chi connectivity index (χ1) is 10.8. The molecule has 0 spiro atoms. The summed E-state index contributed by atoms with van der Waals surface area (Å²) >= 11 is 0. The molecule has 4 nitrogen and oxygen atoms in total. The maximum atomic E-state index is 12.1. The molecule has 3 rings (SSSR count). The molecule has 1 N–H and O–H groups in total. The first-order valence-electron chi connectivity index (χ1n) is 7.62. The maximum Gasteiger partial charge on any atom is 0.229 e. The zero-order valence-electron chi connectivity index (χ0n) is 13.8. The summed E-state index contributed by atoms with van der Waals surface area (Å²) in [5, 5.41) is 2.91. The first-order valence-corrected chi connectivity index (χ1v) is 7.62. The number of oxazole rings is 1. The van der Waals surface area contributed by atoms with Crippen molar-refractivity contribution in [2.45, 2.75) is 27.7 Å². The lowest BCUT2D eigenvalue weighted by molar-refractivity contribution is -0.123. The van der Waals surface area contributed by atoms with E-state index in [4.69, 9.17) is 4.42 Å². The number of rotatable bonds is 2. The number of carbonyl (C=O) groups is 1. The van der Waals surface area contributed by atoms with Crippen LogP contribution in [-0.2, 0) is 4.79 Å². The van der Waals surface area contributed by atoms with Crippen LogP contribution in [0.15, 0.2) is 46.9 Å². The largest absolute Gasteiger partial charge is 0.436 e. The first kappa shape index (κ1) is 15.3. The lowest BCUT2D eigenvalue weighted by Crippen LogP contribution is -2.27. The molecule has 1 aromatic heterocycles. The Morgan fingerprint density at radius 2 is 1.87 bits per heavy atom. The molecule has 0 aliphatic carbocycles. The number of nitrogens with zero attached hydrogens (tertiary/aromatic N) is 1. The lowest BCUT2D eigenvalue weighted by Gasteiger charge is -2.17. The van der Waals surface area contributed by atoms with Gasteiger partial charge in [0.05, 0.1) is 0 Å². The third kappa shape index (κ3) is 3.11. The zero-order valence-corrected chi connectivity index (χ0v) is 13.8. The molecular formula is C19H20N2O2. The van der Waals surface area contributed by atoms with E-state index < -0.39 is 5.41 Å². The Hall–Kier alpha value is -2.62. The molecule has 0 fully saturated rings. The summed E-state index contributed by atoms with van der Waals surface area (Å²) in [6.07, 6.45) is 0. The predicted octanol–water partition coefficient (Wildman–Crippen LogP) is 4.79. The number of carbonyl (C=O) groups excluding carboxylic acids is 1. The molecule has 4 heteroatoms. The average Bonchev–Trinajstić information content (AvgIpc) is 2.89. The molecule has 23 heavy (non-hydrogen) atoms. The van der Waals surface area contributed by atoms with Crippen LogP contribution >= 0.6 is 0 Å². The SMILES string of the molecule is Cc1ccccc1-c1nc2ccc(NC(=O)C(C)(C)C)cc2o1. The van der Waals surface area contributed by atoms with Gasteiger partial charge in [0.25, 0.3) is 0 Å². The van der Waals surface area contributed by atoms with Gasteiger partial charge in [-0.1, -0.05) is 39.0 Å². The highest BCUT2D eigenvalue weighted by Gasteiger charge is 2.21. The van der Waals surface area contributed by atoms with Crippen molar-refractivity contribution in [1.82, 2.24) is 4.98 Å². The van der Waals surface area contributed by atoms with E-state index in [9.17, 15) is 4.79 Å². The van der Waals surface area contributed by atoms with Gasteiger partial charge in [-0.25, -0.2) is 4.98 Å². The standard InChI is InChI=1S/C19H20N2O2/c1-12-7-5-6-8-14(12)17-21-15-10-9-13(11-16(15)23-17)20-18(22)19(2,3)4/h5-11H,1-4H3,(H,20,22). The number of hydrogen-bond acceptors (Lipinski definition) is 3. The van der Waals surface area contributed by atoms with Crippen molar-refractivity contribution in [3.8, 4) is 11.5 Å². The molecule has 0 aliphatic heterocycles. The number of amides is 1. The highest BCUT2D eigenvalue weighted by Crippen LogP contribution is 2.28.